The van der Waals surface area contributed by atoms with E-state index in [4.69, 9.17) is 4.74 Å². The lowest BCUT2D eigenvalue weighted by Crippen LogP contribution is -2.30. The molecule has 122 valence electrons. The van der Waals surface area contributed by atoms with Gasteiger partial charge in [-0.1, -0.05) is 15.9 Å². The van der Waals surface area contributed by atoms with Gasteiger partial charge in [0.15, 0.2) is 0 Å². The van der Waals surface area contributed by atoms with Crippen molar-refractivity contribution in [1.29, 1.82) is 0 Å². The van der Waals surface area contributed by atoms with E-state index < -0.39 is 0 Å². The summed E-state index contributed by atoms with van der Waals surface area (Å²) < 4.78 is 8.50. The first-order chi connectivity index (χ1) is 11.1. The number of benzene rings is 1. The maximum absolute atomic E-state index is 12.6. The molecule has 0 atom stereocenters. The number of hydrogen-bond donors (Lipinski definition) is 1. The van der Waals surface area contributed by atoms with Gasteiger partial charge < -0.3 is 10.1 Å². The molecule has 0 radical (unpaired) electrons. The number of nitrogens with one attached hydrogen (secondary N) is 1. The van der Waals surface area contributed by atoms with Crippen LogP contribution in [0.5, 0.6) is 6.01 Å². The maximum Gasteiger partial charge on any atom is 0.296 e. The summed E-state index contributed by atoms with van der Waals surface area (Å²) >= 11 is 3.37. The Kier molecular flexibility index (Phi) is 5.13. The highest BCUT2D eigenvalue weighted by atomic mass is 79.9. The molecule has 0 unspecified atom stereocenters. The molecule has 1 fully saturated rings. The number of hydrogen-bond acceptors (Lipinski definition) is 4. The van der Waals surface area contributed by atoms with Crippen molar-refractivity contribution in [3.63, 3.8) is 0 Å². The number of halogens is 1. The van der Waals surface area contributed by atoms with Crippen LogP contribution < -0.4 is 10.1 Å². The van der Waals surface area contributed by atoms with E-state index in [9.17, 15) is 4.79 Å². The number of carbonyl (C=O) groups is 1. The molecule has 3 rings (SSSR count). The van der Waals surface area contributed by atoms with Crippen molar-refractivity contribution < 1.29 is 9.53 Å². The molecule has 0 bridgehead atoms. The molecule has 1 aliphatic heterocycles. The highest BCUT2D eigenvalue weighted by Crippen LogP contribution is 2.19. The highest BCUT2D eigenvalue weighted by Gasteiger charge is 2.19. The van der Waals surface area contributed by atoms with E-state index >= 15 is 0 Å². The molecule has 2 heterocycles. The average molecular weight is 378 g/mol. The topological polar surface area (TPSA) is 56.2 Å². The Labute approximate surface area is 144 Å². The number of imidazole rings is 1. The van der Waals surface area contributed by atoms with E-state index in [-0.39, 0.29) is 5.78 Å². The van der Waals surface area contributed by atoms with Gasteiger partial charge in [0.05, 0.1) is 12.8 Å². The van der Waals surface area contributed by atoms with E-state index in [1.165, 1.54) is 0 Å². The summed E-state index contributed by atoms with van der Waals surface area (Å²) in [5, 5.41) is 3.34. The van der Waals surface area contributed by atoms with Gasteiger partial charge in [-0.05, 0) is 56.1 Å². The molecule has 1 N–H and O–H groups in total. The molecule has 1 aromatic carbocycles. The molecular weight excluding hydrogens is 358 g/mol. The van der Waals surface area contributed by atoms with Crippen molar-refractivity contribution in [1.82, 2.24) is 14.9 Å². The van der Waals surface area contributed by atoms with Crippen LogP contribution >= 0.6 is 15.9 Å². The van der Waals surface area contributed by atoms with E-state index in [2.05, 4.69) is 26.2 Å². The fraction of sp³-hybridized carbons (Fsp3) is 0.412. The van der Waals surface area contributed by atoms with Crippen LogP contribution in [0.25, 0.3) is 0 Å². The molecule has 2 aromatic rings. The molecule has 23 heavy (non-hydrogen) atoms. The summed E-state index contributed by atoms with van der Waals surface area (Å²) in [6.45, 7) is 2.74. The number of carbonyl (C=O) groups excluding carboxylic acids is 1. The zero-order chi connectivity index (χ0) is 16.2. The van der Waals surface area contributed by atoms with E-state index in [1.54, 1.807) is 22.9 Å². The van der Waals surface area contributed by atoms with Gasteiger partial charge in [-0.15, -0.1) is 0 Å². The van der Waals surface area contributed by atoms with Gasteiger partial charge in [0, 0.05) is 17.1 Å². The monoisotopic (exact) mass is 377 g/mol. The van der Waals surface area contributed by atoms with Gasteiger partial charge in [0.2, 0.25) is 5.78 Å². The van der Waals surface area contributed by atoms with Crippen LogP contribution in [-0.4, -0.2) is 35.0 Å². The standard InChI is InChI=1S/C17H20BrN3O2/c1-21-15(16(22)13-2-4-14(18)5-3-13)10-20-17(21)23-11-12-6-8-19-9-7-12/h2-5,10,12,19H,6-9,11H2,1H3. The van der Waals surface area contributed by atoms with Crippen molar-refractivity contribution in [2.75, 3.05) is 19.7 Å². The zero-order valence-electron chi connectivity index (χ0n) is 13.1. The highest BCUT2D eigenvalue weighted by molar-refractivity contribution is 9.10. The second-order valence-electron chi connectivity index (χ2n) is 5.83. The van der Waals surface area contributed by atoms with Crippen LogP contribution in [0.4, 0.5) is 0 Å². The lowest BCUT2D eigenvalue weighted by atomic mass is 9.99. The minimum Gasteiger partial charge on any atom is -0.464 e. The third-order valence-electron chi connectivity index (χ3n) is 4.19. The lowest BCUT2D eigenvalue weighted by molar-refractivity contribution is 0.102. The second kappa shape index (κ2) is 7.27. The second-order valence-corrected chi connectivity index (χ2v) is 6.74. The van der Waals surface area contributed by atoms with E-state index in [1.807, 2.05) is 19.2 Å². The van der Waals surface area contributed by atoms with Crippen molar-refractivity contribution >= 4 is 21.7 Å². The van der Waals surface area contributed by atoms with Gasteiger partial charge in [-0.25, -0.2) is 4.98 Å². The number of rotatable bonds is 5. The maximum atomic E-state index is 12.6. The van der Waals surface area contributed by atoms with Crippen molar-refractivity contribution in [2.24, 2.45) is 13.0 Å². The van der Waals surface area contributed by atoms with Gasteiger partial charge in [-0.3, -0.25) is 9.36 Å². The van der Waals surface area contributed by atoms with Crippen molar-refractivity contribution in [3.8, 4) is 6.01 Å². The quantitative estimate of drug-likeness (QED) is 0.813. The summed E-state index contributed by atoms with van der Waals surface area (Å²) in [6.07, 6.45) is 3.83. The molecular formula is C17H20BrN3O2. The first kappa shape index (κ1) is 16.2. The molecule has 0 spiro atoms. The Morgan fingerprint density at radius 3 is 2.74 bits per heavy atom. The average Bonchev–Trinajstić information content (AvgIpc) is 2.95. The Bertz CT molecular complexity index is 676. The number of ether oxygens (including phenoxy) is 1. The minimum absolute atomic E-state index is 0.0517. The van der Waals surface area contributed by atoms with E-state index in [0.717, 1.165) is 30.4 Å². The predicted molar refractivity (Wildman–Crippen MR) is 91.9 cm³/mol. The molecule has 1 aromatic heterocycles. The summed E-state index contributed by atoms with van der Waals surface area (Å²) in [5.41, 5.74) is 1.17. The van der Waals surface area contributed by atoms with Crippen molar-refractivity contribution in [2.45, 2.75) is 12.8 Å². The SMILES string of the molecule is Cn1c(C(=O)c2ccc(Br)cc2)cnc1OCC1CCNCC1. The minimum atomic E-state index is -0.0517. The van der Waals surface area contributed by atoms with Crippen LogP contribution in [-0.2, 0) is 7.05 Å². The molecule has 6 heteroatoms. The summed E-state index contributed by atoms with van der Waals surface area (Å²) in [5.74, 6) is 0.503. The molecule has 1 aliphatic rings. The molecule has 0 saturated carbocycles. The lowest BCUT2D eigenvalue weighted by Gasteiger charge is -2.22. The fourth-order valence-electron chi connectivity index (χ4n) is 2.73. The Hall–Kier alpha value is -1.66. The van der Waals surface area contributed by atoms with Gasteiger partial charge in [0.1, 0.15) is 5.69 Å². The fourth-order valence-corrected chi connectivity index (χ4v) is 2.99. The van der Waals surface area contributed by atoms with Crippen molar-refractivity contribution in [3.05, 3.63) is 46.2 Å². The summed E-state index contributed by atoms with van der Waals surface area (Å²) in [7, 11) is 1.82. The Morgan fingerprint density at radius 2 is 2.04 bits per heavy atom. The normalized spacial score (nSPS) is 15.6. The number of ketones is 1. The molecule has 0 aliphatic carbocycles. The number of aromatic nitrogens is 2. The first-order valence-corrected chi connectivity index (χ1v) is 8.60. The molecule has 0 amide bonds. The third-order valence-corrected chi connectivity index (χ3v) is 4.72. The van der Waals surface area contributed by atoms with E-state index in [0.29, 0.717) is 29.8 Å². The van der Waals surface area contributed by atoms with Crippen LogP contribution in [0.1, 0.15) is 28.9 Å². The summed E-state index contributed by atoms with van der Waals surface area (Å²) in [4.78, 5) is 16.8. The first-order valence-electron chi connectivity index (χ1n) is 7.80. The van der Waals surface area contributed by atoms with Gasteiger partial charge >= 0.3 is 0 Å². The van der Waals surface area contributed by atoms with Gasteiger partial charge in [-0.2, -0.15) is 0 Å². The van der Waals surface area contributed by atoms with Crippen LogP contribution in [0.2, 0.25) is 0 Å². The number of piperidine rings is 1. The van der Waals surface area contributed by atoms with Crippen LogP contribution in [0.3, 0.4) is 0 Å². The van der Waals surface area contributed by atoms with Crippen LogP contribution in [0.15, 0.2) is 34.9 Å². The number of nitrogens with zero attached hydrogens (tertiary/aromatic N) is 2. The van der Waals surface area contributed by atoms with Gasteiger partial charge in [0.25, 0.3) is 6.01 Å². The Morgan fingerprint density at radius 1 is 1.35 bits per heavy atom. The summed E-state index contributed by atoms with van der Waals surface area (Å²) in [6, 6.07) is 7.82. The smallest absolute Gasteiger partial charge is 0.296 e. The Balaban J connectivity index is 1.68. The zero-order valence-corrected chi connectivity index (χ0v) is 14.7. The third kappa shape index (κ3) is 3.82. The molecule has 1 saturated heterocycles. The molecule has 5 nitrogen and oxygen atoms in total. The largest absolute Gasteiger partial charge is 0.464 e. The van der Waals surface area contributed by atoms with Crippen LogP contribution in [0, 0.1) is 5.92 Å². The predicted octanol–water partition coefficient (Wildman–Crippen LogP) is 2.79.